The van der Waals surface area contributed by atoms with Crippen LogP contribution in [0.3, 0.4) is 0 Å². The Hall–Kier alpha value is -0.610. The van der Waals surface area contributed by atoms with Crippen LogP contribution in [0.1, 0.15) is 19.3 Å². The third kappa shape index (κ3) is 2.07. The predicted molar refractivity (Wildman–Crippen MR) is 58.2 cm³/mol. The molecule has 1 aliphatic carbocycles. The van der Waals surface area contributed by atoms with E-state index in [9.17, 15) is 0 Å². The lowest BCUT2D eigenvalue weighted by Gasteiger charge is -2.37. The zero-order chi connectivity index (χ0) is 10.0. The molecule has 0 aromatic carbocycles. The second kappa shape index (κ2) is 3.87. The van der Waals surface area contributed by atoms with E-state index in [1.54, 1.807) is 6.20 Å². The molecule has 76 valence electrons. The van der Waals surface area contributed by atoms with Crippen LogP contribution in [0.2, 0.25) is 0 Å². The van der Waals surface area contributed by atoms with Gasteiger partial charge in [-0.15, -0.1) is 0 Å². The van der Waals surface area contributed by atoms with Gasteiger partial charge in [-0.05, 0) is 47.3 Å². The highest BCUT2D eigenvalue weighted by atomic mass is 79.9. The Morgan fingerprint density at radius 1 is 1.57 bits per heavy atom. The molecule has 0 amide bonds. The zero-order valence-corrected chi connectivity index (χ0v) is 9.46. The Morgan fingerprint density at radius 3 is 2.93 bits per heavy atom. The normalized spacial score (nSPS) is 18.7. The SMILES string of the molecule is NC1(COc2cccnc2Br)CCC1. The van der Waals surface area contributed by atoms with Crippen LogP contribution >= 0.6 is 15.9 Å². The molecule has 1 heterocycles. The number of hydrogen-bond acceptors (Lipinski definition) is 3. The summed E-state index contributed by atoms with van der Waals surface area (Å²) >= 11 is 3.33. The van der Waals surface area contributed by atoms with Crippen molar-refractivity contribution in [3.05, 3.63) is 22.9 Å². The lowest BCUT2D eigenvalue weighted by Crippen LogP contribution is -2.51. The first-order chi connectivity index (χ1) is 6.70. The van der Waals surface area contributed by atoms with Gasteiger partial charge in [0.05, 0.1) is 5.54 Å². The van der Waals surface area contributed by atoms with E-state index in [0.29, 0.717) is 6.61 Å². The van der Waals surface area contributed by atoms with Crippen molar-refractivity contribution in [2.75, 3.05) is 6.61 Å². The molecule has 3 nitrogen and oxygen atoms in total. The van der Waals surface area contributed by atoms with Crippen LogP contribution < -0.4 is 10.5 Å². The van der Waals surface area contributed by atoms with Crippen molar-refractivity contribution in [1.29, 1.82) is 0 Å². The molecule has 1 aromatic heterocycles. The van der Waals surface area contributed by atoms with Crippen molar-refractivity contribution in [2.45, 2.75) is 24.8 Å². The van der Waals surface area contributed by atoms with Crippen molar-refractivity contribution in [3.63, 3.8) is 0 Å². The maximum atomic E-state index is 6.04. The molecule has 1 aromatic rings. The molecule has 2 rings (SSSR count). The van der Waals surface area contributed by atoms with Crippen LogP contribution in [0.4, 0.5) is 0 Å². The minimum absolute atomic E-state index is 0.102. The molecule has 0 aliphatic heterocycles. The first-order valence-electron chi connectivity index (χ1n) is 4.72. The van der Waals surface area contributed by atoms with Gasteiger partial charge in [-0.2, -0.15) is 0 Å². The molecule has 4 heteroatoms. The van der Waals surface area contributed by atoms with E-state index < -0.39 is 0 Å². The number of hydrogen-bond donors (Lipinski definition) is 1. The van der Waals surface area contributed by atoms with Gasteiger partial charge in [0.15, 0.2) is 5.75 Å². The maximum Gasteiger partial charge on any atom is 0.152 e. The lowest BCUT2D eigenvalue weighted by atomic mass is 9.78. The third-order valence-electron chi connectivity index (χ3n) is 2.59. The minimum Gasteiger partial charge on any atom is -0.489 e. The summed E-state index contributed by atoms with van der Waals surface area (Å²) in [7, 11) is 0. The summed E-state index contributed by atoms with van der Waals surface area (Å²) in [4.78, 5) is 4.07. The van der Waals surface area contributed by atoms with Crippen LogP contribution in [0.5, 0.6) is 5.75 Å². The first-order valence-corrected chi connectivity index (χ1v) is 5.51. The number of rotatable bonds is 3. The molecule has 1 aliphatic rings. The average molecular weight is 257 g/mol. The second-order valence-electron chi connectivity index (χ2n) is 3.80. The summed E-state index contributed by atoms with van der Waals surface area (Å²) < 4.78 is 6.35. The average Bonchev–Trinajstić information content (AvgIpc) is 2.14. The fraction of sp³-hybridized carbons (Fsp3) is 0.500. The number of nitrogens with zero attached hydrogens (tertiary/aromatic N) is 1. The van der Waals surface area contributed by atoms with Gasteiger partial charge < -0.3 is 10.5 Å². The molecule has 0 unspecified atom stereocenters. The summed E-state index contributed by atoms with van der Waals surface area (Å²) in [5, 5.41) is 0. The number of pyridine rings is 1. The summed E-state index contributed by atoms with van der Waals surface area (Å²) in [6.45, 7) is 0.581. The minimum atomic E-state index is -0.102. The van der Waals surface area contributed by atoms with Crippen LogP contribution in [0.15, 0.2) is 22.9 Å². The summed E-state index contributed by atoms with van der Waals surface area (Å²) in [6, 6.07) is 3.74. The van der Waals surface area contributed by atoms with Crippen LogP contribution in [-0.2, 0) is 0 Å². The third-order valence-corrected chi connectivity index (χ3v) is 3.18. The lowest BCUT2D eigenvalue weighted by molar-refractivity contribution is 0.141. The van der Waals surface area contributed by atoms with Crippen molar-refractivity contribution < 1.29 is 4.74 Å². The number of nitrogens with two attached hydrogens (primary N) is 1. The van der Waals surface area contributed by atoms with E-state index >= 15 is 0 Å². The van der Waals surface area contributed by atoms with E-state index in [-0.39, 0.29) is 5.54 Å². The van der Waals surface area contributed by atoms with E-state index in [0.717, 1.165) is 23.2 Å². The number of aromatic nitrogens is 1. The first kappa shape index (κ1) is 9.93. The molecule has 14 heavy (non-hydrogen) atoms. The predicted octanol–water partition coefficient (Wildman–Crippen LogP) is 2.10. The highest BCUT2D eigenvalue weighted by Gasteiger charge is 2.33. The smallest absolute Gasteiger partial charge is 0.152 e. The van der Waals surface area contributed by atoms with Gasteiger partial charge in [0.2, 0.25) is 0 Å². The molecule has 0 spiro atoms. The van der Waals surface area contributed by atoms with E-state index in [2.05, 4.69) is 20.9 Å². The van der Waals surface area contributed by atoms with E-state index in [1.807, 2.05) is 12.1 Å². The topological polar surface area (TPSA) is 48.1 Å². The standard InChI is InChI=1S/C10H13BrN2O/c11-9-8(3-1-6-13-9)14-7-10(12)4-2-5-10/h1,3,6H,2,4-5,7,12H2. The molecule has 1 saturated carbocycles. The summed E-state index contributed by atoms with van der Waals surface area (Å²) in [5.41, 5.74) is 5.94. The van der Waals surface area contributed by atoms with Crippen molar-refractivity contribution in [1.82, 2.24) is 4.98 Å². The van der Waals surface area contributed by atoms with E-state index in [1.165, 1.54) is 6.42 Å². The van der Waals surface area contributed by atoms with Crippen molar-refractivity contribution in [2.24, 2.45) is 5.73 Å². The highest BCUT2D eigenvalue weighted by Crippen LogP contribution is 2.30. The second-order valence-corrected chi connectivity index (χ2v) is 4.55. The Morgan fingerprint density at radius 2 is 2.36 bits per heavy atom. The molecule has 2 N–H and O–H groups in total. The van der Waals surface area contributed by atoms with Gasteiger partial charge in [-0.1, -0.05) is 0 Å². The van der Waals surface area contributed by atoms with Gasteiger partial charge in [-0.3, -0.25) is 0 Å². The summed E-state index contributed by atoms with van der Waals surface area (Å²) in [5.74, 6) is 0.768. The molecule has 0 atom stereocenters. The fourth-order valence-electron chi connectivity index (χ4n) is 1.48. The van der Waals surface area contributed by atoms with Gasteiger partial charge in [0.25, 0.3) is 0 Å². The van der Waals surface area contributed by atoms with Crippen molar-refractivity contribution in [3.8, 4) is 5.75 Å². The fourth-order valence-corrected chi connectivity index (χ4v) is 1.84. The largest absolute Gasteiger partial charge is 0.489 e. The molecular formula is C10H13BrN2O. The van der Waals surface area contributed by atoms with E-state index in [4.69, 9.17) is 10.5 Å². The van der Waals surface area contributed by atoms with Crippen LogP contribution in [0, 0.1) is 0 Å². The van der Waals surface area contributed by atoms with Gasteiger partial charge >= 0.3 is 0 Å². The number of halogens is 1. The molecule has 0 bridgehead atoms. The summed E-state index contributed by atoms with van der Waals surface area (Å²) in [6.07, 6.45) is 5.06. The Balaban J connectivity index is 1.95. The molecule has 1 fully saturated rings. The van der Waals surface area contributed by atoms with Crippen LogP contribution in [0.25, 0.3) is 0 Å². The Labute approximate surface area is 91.8 Å². The molecule has 0 radical (unpaired) electrons. The van der Waals surface area contributed by atoms with Crippen molar-refractivity contribution >= 4 is 15.9 Å². The highest BCUT2D eigenvalue weighted by molar-refractivity contribution is 9.10. The monoisotopic (exact) mass is 256 g/mol. The van der Waals surface area contributed by atoms with Gasteiger partial charge in [0.1, 0.15) is 11.2 Å². The quantitative estimate of drug-likeness (QED) is 0.843. The van der Waals surface area contributed by atoms with Gasteiger partial charge in [0, 0.05) is 6.20 Å². The van der Waals surface area contributed by atoms with Crippen LogP contribution in [-0.4, -0.2) is 17.1 Å². The zero-order valence-electron chi connectivity index (χ0n) is 7.87. The molecular weight excluding hydrogens is 244 g/mol. The van der Waals surface area contributed by atoms with Gasteiger partial charge in [-0.25, -0.2) is 4.98 Å². The Kier molecular flexibility index (Phi) is 2.74. The Bertz CT molecular complexity index is 326. The number of ether oxygens (including phenoxy) is 1. The maximum absolute atomic E-state index is 6.04. The molecule has 0 saturated heterocycles.